The molecule has 1 aliphatic rings. The number of hydrogen-bond acceptors (Lipinski definition) is 3. The van der Waals surface area contributed by atoms with Crippen molar-refractivity contribution in [3.63, 3.8) is 0 Å². The molecule has 118 valence electrons. The Morgan fingerprint density at radius 3 is 2.52 bits per heavy atom. The third kappa shape index (κ3) is 3.27. The van der Waals surface area contributed by atoms with Gasteiger partial charge in [0.1, 0.15) is 12.2 Å². The van der Waals surface area contributed by atoms with E-state index in [0.717, 1.165) is 38.1 Å². The van der Waals surface area contributed by atoms with E-state index in [4.69, 9.17) is 0 Å². The molecule has 2 rings (SSSR count). The van der Waals surface area contributed by atoms with Crippen molar-refractivity contribution < 1.29 is 9.90 Å². The predicted molar refractivity (Wildman–Crippen MR) is 80.9 cm³/mol. The maximum atomic E-state index is 11.9. The maximum Gasteiger partial charge on any atom is 0.310 e. The Hall–Kier alpha value is -1.39. The third-order valence-electron chi connectivity index (χ3n) is 5.11. The lowest BCUT2D eigenvalue weighted by atomic mass is 9.63. The van der Waals surface area contributed by atoms with Gasteiger partial charge in [-0.25, -0.2) is 4.98 Å². The highest BCUT2D eigenvalue weighted by Crippen LogP contribution is 2.46. The highest BCUT2D eigenvalue weighted by molar-refractivity contribution is 5.75. The van der Waals surface area contributed by atoms with Gasteiger partial charge in [-0.3, -0.25) is 9.48 Å². The van der Waals surface area contributed by atoms with Gasteiger partial charge in [-0.1, -0.05) is 20.8 Å². The number of carbonyl (C=O) groups is 1. The topological polar surface area (TPSA) is 68.0 Å². The van der Waals surface area contributed by atoms with Gasteiger partial charge < -0.3 is 5.11 Å². The average Bonchev–Trinajstić information content (AvgIpc) is 2.85. The van der Waals surface area contributed by atoms with Crippen molar-refractivity contribution in [1.82, 2.24) is 14.8 Å². The average molecular weight is 293 g/mol. The number of aliphatic carboxylic acids is 1. The van der Waals surface area contributed by atoms with Gasteiger partial charge in [0.05, 0.1) is 5.41 Å². The Morgan fingerprint density at radius 2 is 2.05 bits per heavy atom. The molecule has 1 N–H and O–H groups in total. The molecule has 0 aliphatic heterocycles. The molecule has 5 nitrogen and oxygen atoms in total. The molecular weight excluding hydrogens is 266 g/mol. The molecule has 21 heavy (non-hydrogen) atoms. The second-order valence-corrected chi connectivity index (χ2v) is 7.39. The molecule has 0 amide bonds. The fourth-order valence-electron chi connectivity index (χ4n) is 3.49. The third-order valence-corrected chi connectivity index (χ3v) is 5.11. The predicted octanol–water partition coefficient (Wildman–Crippen LogP) is 3.15. The number of aryl methyl sites for hydroxylation is 1. The zero-order valence-corrected chi connectivity index (χ0v) is 13.6. The van der Waals surface area contributed by atoms with E-state index >= 15 is 0 Å². The molecule has 0 bridgehead atoms. The fourth-order valence-corrected chi connectivity index (χ4v) is 3.49. The van der Waals surface area contributed by atoms with E-state index in [1.807, 2.05) is 6.92 Å². The first kappa shape index (κ1) is 16.0. The quantitative estimate of drug-likeness (QED) is 0.926. The molecule has 0 atom stereocenters. The van der Waals surface area contributed by atoms with Gasteiger partial charge in [0, 0.05) is 13.0 Å². The first-order chi connectivity index (χ1) is 9.78. The summed E-state index contributed by atoms with van der Waals surface area (Å²) in [6.45, 7) is 9.48. The normalized spacial score (nSPS) is 26.8. The molecule has 1 heterocycles. The first-order valence-corrected chi connectivity index (χ1v) is 7.88. The maximum absolute atomic E-state index is 11.9. The summed E-state index contributed by atoms with van der Waals surface area (Å²) < 4.78 is 1.81. The van der Waals surface area contributed by atoms with Gasteiger partial charge in [0.15, 0.2) is 0 Å². The summed E-state index contributed by atoms with van der Waals surface area (Å²) >= 11 is 0. The molecule has 0 unspecified atom stereocenters. The van der Waals surface area contributed by atoms with Crippen LogP contribution in [0.2, 0.25) is 0 Å². The van der Waals surface area contributed by atoms with Gasteiger partial charge >= 0.3 is 5.97 Å². The molecule has 0 radical (unpaired) electrons. The van der Waals surface area contributed by atoms with Gasteiger partial charge in [-0.2, -0.15) is 5.10 Å². The van der Waals surface area contributed by atoms with E-state index in [9.17, 15) is 9.90 Å². The number of carboxylic acid groups (broad SMARTS) is 1. The monoisotopic (exact) mass is 293 g/mol. The van der Waals surface area contributed by atoms with Crippen LogP contribution in [0, 0.1) is 16.7 Å². The van der Waals surface area contributed by atoms with Crippen molar-refractivity contribution in [3.8, 4) is 0 Å². The molecule has 0 spiro atoms. The summed E-state index contributed by atoms with van der Waals surface area (Å²) in [5, 5.41) is 13.9. The van der Waals surface area contributed by atoms with Crippen LogP contribution >= 0.6 is 0 Å². The lowest BCUT2D eigenvalue weighted by molar-refractivity contribution is -0.152. The minimum atomic E-state index is -0.680. The van der Waals surface area contributed by atoms with Crippen LogP contribution in [0.15, 0.2) is 6.33 Å². The zero-order valence-electron chi connectivity index (χ0n) is 13.6. The van der Waals surface area contributed by atoms with Crippen LogP contribution in [0.25, 0.3) is 0 Å². The Morgan fingerprint density at radius 1 is 1.43 bits per heavy atom. The first-order valence-electron chi connectivity index (χ1n) is 7.88. The summed E-state index contributed by atoms with van der Waals surface area (Å²) in [5.74, 6) is 0.726. The van der Waals surface area contributed by atoms with Crippen molar-refractivity contribution in [1.29, 1.82) is 0 Å². The van der Waals surface area contributed by atoms with E-state index in [0.29, 0.717) is 12.3 Å². The minimum Gasteiger partial charge on any atom is -0.481 e. The van der Waals surface area contributed by atoms with Gasteiger partial charge in [-0.05, 0) is 43.9 Å². The molecular formula is C16H27N3O2. The lowest BCUT2D eigenvalue weighted by Crippen LogP contribution is -2.40. The van der Waals surface area contributed by atoms with Crippen molar-refractivity contribution in [2.75, 3.05) is 0 Å². The summed E-state index contributed by atoms with van der Waals surface area (Å²) in [6.07, 6.45) is 5.45. The largest absolute Gasteiger partial charge is 0.481 e. The number of rotatable bonds is 4. The zero-order chi connectivity index (χ0) is 15.7. The summed E-state index contributed by atoms with van der Waals surface area (Å²) in [4.78, 5) is 16.2. The van der Waals surface area contributed by atoms with E-state index in [1.165, 1.54) is 6.33 Å². The Bertz CT molecular complexity index is 494. The second kappa shape index (κ2) is 5.78. The van der Waals surface area contributed by atoms with E-state index in [2.05, 4.69) is 30.9 Å². The summed E-state index contributed by atoms with van der Waals surface area (Å²) in [6, 6.07) is 0. The Kier molecular flexibility index (Phi) is 4.40. The summed E-state index contributed by atoms with van der Waals surface area (Å²) in [5.41, 5.74) is -0.407. The van der Waals surface area contributed by atoms with Crippen molar-refractivity contribution in [2.45, 2.75) is 66.3 Å². The molecule has 1 aromatic heterocycles. The van der Waals surface area contributed by atoms with Crippen LogP contribution in [0.4, 0.5) is 0 Å². The molecule has 0 saturated heterocycles. The molecule has 1 aliphatic carbocycles. The number of nitrogens with zero attached hydrogens (tertiary/aromatic N) is 3. The van der Waals surface area contributed by atoms with Crippen LogP contribution in [0.1, 0.15) is 59.2 Å². The highest BCUT2D eigenvalue weighted by Gasteiger charge is 2.44. The Labute approximate surface area is 126 Å². The fraction of sp³-hybridized carbons (Fsp3) is 0.812. The molecule has 1 aromatic rings. The van der Waals surface area contributed by atoms with Crippen molar-refractivity contribution >= 4 is 5.97 Å². The second-order valence-electron chi connectivity index (χ2n) is 7.39. The van der Waals surface area contributed by atoms with Crippen molar-refractivity contribution in [2.24, 2.45) is 16.7 Å². The molecule has 1 saturated carbocycles. The SMILES string of the molecule is CCn1ncnc1CC1(C(=O)O)CCC(C(C)(C)C)CC1. The number of aromatic nitrogens is 3. The van der Waals surface area contributed by atoms with Crippen LogP contribution < -0.4 is 0 Å². The Balaban J connectivity index is 2.15. The van der Waals surface area contributed by atoms with Gasteiger partial charge in [-0.15, -0.1) is 0 Å². The molecule has 1 fully saturated rings. The van der Waals surface area contributed by atoms with E-state index in [1.54, 1.807) is 4.68 Å². The van der Waals surface area contributed by atoms with E-state index < -0.39 is 11.4 Å². The minimum absolute atomic E-state index is 0.258. The van der Waals surface area contributed by atoms with Gasteiger partial charge in [0.25, 0.3) is 0 Å². The van der Waals surface area contributed by atoms with Crippen LogP contribution in [-0.4, -0.2) is 25.8 Å². The van der Waals surface area contributed by atoms with Gasteiger partial charge in [0.2, 0.25) is 0 Å². The smallest absolute Gasteiger partial charge is 0.310 e. The highest BCUT2D eigenvalue weighted by atomic mass is 16.4. The van der Waals surface area contributed by atoms with E-state index in [-0.39, 0.29) is 5.41 Å². The number of hydrogen-bond donors (Lipinski definition) is 1. The molecule has 5 heteroatoms. The number of carboxylic acids is 1. The van der Waals surface area contributed by atoms with Crippen molar-refractivity contribution in [3.05, 3.63) is 12.2 Å². The van der Waals surface area contributed by atoms with Crippen LogP contribution in [-0.2, 0) is 17.8 Å². The molecule has 0 aromatic carbocycles. The van der Waals surface area contributed by atoms with Crippen LogP contribution in [0.3, 0.4) is 0 Å². The van der Waals surface area contributed by atoms with Crippen LogP contribution in [0.5, 0.6) is 0 Å². The lowest BCUT2D eigenvalue weighted by Gasteiger charge is -2.41. The summed E-state index contributed by atoms with van der Waals surface area (Å²) in [7, 11) is 0. The standard InChI is InChI=1S/C16H27N3O2/c1-5-19-13(17-11-18-19)10-16(14(20)21)8-6-12(7-9-16)15(2,3)4/h11-12H,5-10H2,1-4H3,(H,20,21).